The number of phenolic OH excluding ortho intramolecular Hbond substituents is 1. The lowest BCUT2D eigenvalue weighted by Gasteiger charge is -2.41. The van der Waals surface area contributed by atoms with E-state index in [9.17, 15) is 18.3 Å². The Morgan fingerprint density at radius 3 is 2.76 bits per heavy atom. The van der Waals surface area contributed by atoms with Crippen LogP contribution in [0.3, 0.4) is 0 Å². The van der Waals surface area contributed by atoms with E-state index in [0.717, 1.165) is 19.3 Å². The van der Waals surface area contributed by atoms with E-state index in [1.807, 2.05) is 4.90 Å². The van der Waals surface area contributed by atoms with Crippen LogP contribution in [0, 0.1) is 24.0 Å². The van der Waals surface area contributed by atoms with E-state index < -0.39 is 29.6 Å². The van der Waals surface area contributed by atoms with Crippen LogP contribution >= 0.6 is 0 Å². The van der Waals surface area contributed by atoms with Gasteiger partial charge in [-0.05, 0) is 75.1 Å². The summed E-state index contributed by atoms with van der Waals surface area (Å²) < 4.78 is 82.2. The molecule has 2 aromatic heterocycles. The molecule has 0 spiro atoms. The van der Waals surface area contributed by atoms with Gasteiger partial charge >= 0.3 is 12.4 Å². The second-order valence-corrected chi connectivity index (χ2v) is 14.2. The number of fused-ring (bicyclic) bond motifs is 7. The van der Waals surface area contributed by atoms with Crippen molar-refractivity contribution >= 4 is 27.5 Å². The monoisotopic (exact) mass is 692 g/mol. The number of piperazine rings is 1. The molecule has 4 fully saturated rings. The number of aromatic nitrogens is 3. The number of aryl methyl sites for hydroxylation is 1. The zero-order valence-corrected chi connectivity index (χ0v) is 26.9. The number of anilines is 1. The third-order valence-corrected chi connectivity index (χ3v) is 11.3. The Balaban J connectivity index is 1.19. The Labute approximate surface area is 283 Å². The van der Waals surface area contributed by atoms with Gasteiger partial charge in [0.2, 0.25) is 0 Å². The molecule has 2 N–H and O–H groups in total. The highest BCUT2D eigenvalue weighted by molar-refractivity contribution is 6.03. The number of hydrogen-bond donors (Lipinski definition) is 2. The van der Waals surface area contributed by atoms with Crippen molar-refractivity contribution in [3.8, 4) is 35.4 Å². The summed E-state index contributed by atoms with van der Waals surface area (Å²) in [5, 5.41) is 15.5. The van der Waals surface area contributed by atoms with E-state index in [0.29, 0.717) is 54.6 Å². The van der Waals surface area contributed by atoms with E-state index in [4.69, 9.17) is 21.1 Å². The van der Waals surface area contributed by atoms with E-state index in [-0.39, 0.29) is 77.2 Å². The van der Waals surface area contributed by atoms with Crippen LogP contribution < -0.4 is 15.0 Å². The number of ether oxygens (including phenoxy) is 2. The maximum Gasteiger partial charge on any atom is 0.522 e. The molecule has 260 valence electrons. The van der Waals surface area contributed by atoms with Gasteiger partial charge in [0, 0.05) is 42.2 Å². The molecule has 9 nitrogen and oxygen atoms in total. The third-order valence-electron chi connectivity index (χ3n) is 11.3. The molecule has 5 aliphatic rings. The number of aromatic hydroxyl groups is 1. The van der Waals surface area contributed by atoms with Gasteiger partial charge in [0.05, 0.1) is 28.3 Å². The zero-order chi connectivity index (χ0) is 34.5. The second kappa shape index (κ2) is 11.3. The Morgan fingerprint density at radius 1 is 1.08 bits per heavy atom. The molecule has 14 heteroatoms. The molecular weight excluding hydrogens is 659 g/mol. The summed E-state index contributed by atoms with van der Waals surface area (Å²) in [5.41, 5.74) is -0.299. The number of benzene rings is 2. The molecule has 2 aromatic carbocycles. The van der Waals surface area contributed by atoms with E-state index in [2.05, 4.69) is 25.9 Å². The van der Waals surface area contributed by atoms with Crippen LogP contribution in [-0.2, 0) is 11.2 Å². The number of halogens is 5. The number of pyridine rings is 1. The number of phenols is 1. The Kier molecular flexibility index (Phi) is 7.18. The fourth-order valence-electron chi connectivity index (χ4n) is 9.30. The van der Waals surface area contributed by atoms with Gasteiger partial charge in [-0.3, -0.25) is 9.64 Å². The summed E-state index contributed by atoms with van der Waals surface area (Å²) in [6.45, 7) is 1.39. The SMILES string of the molecule is C#Cc1c(F)ccc2cc(O)cc(-c3nc4c5c(nc(OC[C@]67CCCN6C[C@H](OC(F)(F)F)C7)nc5c3F)N3C[C@H]5CC[C@H](N5)[C@H]3CC4)c12. The van der Waals surface area contributed by atoms with E-state index >= 15 is 8.78 Å². The molecule has 0 radical (unpaired) electrons. The summed E-state index contributed by atoms with van der Waals surface area (Å²) in [4.78, 5) is 18.5. The van der Waals surface area contributed by atoms with Crippen molar-refractivity contribution in [2.45, 2.75) is 81.1 Å². The van der Waals surface area contributed by atoms with Crippen molar-refractivity contribution in [2.24, 2.45) is 0 Å². The van der Waals surface area contributed by atoms with Gasteiger partial charge < -0.3 is 20.1 Å². The number of rotatable bonds is 5. The minimum Gasteiger partial charge on any atom is -0.508 e. The van der Waals surface area contributed by atoms with Crippen molar-refractivity contribution < 1.29 is 36.5 Å². The average Bonchev–Trinajstić information content (AvgIpc) is 3.71. The molecule has 0 aliphatic carbocycles. The quantitative estimate of drug-likeness (QED) is 0.205. The van der Waals surface area contributed by atoms with Crippen LogP contribution in [0.5, 0.6) is 11.8 Å². The van der Waals surface area contributed by atoms with Crippen LogP contribution in [0.1, 0.15) is 49.8 Å². The van der Waals surface area contributed by atoms with Gasteiger partial charge in [-0.1, -0.05) is 12.0 Å². The lowest BCUT2D eigenvalue weighted by atomic mass is 9.94. The van der Waals surface area contributed by atoms with E-state index in [1.54, 1.807) is 0 Å². The standard InChI is InChI=1S/C36H33F5N6O3/c1-2-22-24(37)6-4-18-12-20(48)13-23(28(18)22)31-30(38)32-29-26(43-31)8-9-27-25-7-5-19(42-25)15-47(27)33(29)45-34(44-32)49-17-35-10-3-11-46(35)16-21(14-35)50-36(39,40)41/h1,4,6,12-13,19,21,25,27,42,48H,3,5,7-11,14-17H2/t19-,21-,25+,27-,35-/m1/s1. The zero-order valence-electron chi connectivity index (χ0n) is 26.9. The minimum atomic E-state index is -4.75. The minimum absolute atomic E-state index is 0.000314. The molecule has 4 aromatic rings. The Bertz CT molecular complexity index is 2110. The first-order valence-corrected chi connectivity index (χ1v) is 17.0. The van der Waals surface area contributed by atoms with Crippen molar-refractivity contribution in [3.05, 3.63) is 47.2 Å². The Hall–Kier alpha value is -4.32. The van der Waals surface area contributed by atoms with Gasteiger partial charge in [0.1, 0.15) is 35.2 Å². The molecule has 7 heterocycles. The van der Waals surface area contributed by atoms with Gasteiger partial charge in [0.15, 0.2) is 5.82 Å². The van der Waals surface area contributed by atoms with Crippen molar-refractivity contribution in [2.75, 3.05) is 31.1 Å². The van der Waals surface area contributed by atoms with Gasteiger partial charge in [-0.15, -0.1) is 19.6 Å². The van der Waals surface area contributed by atoms with Crippen LogP contribution in [0.4, 0.5) is 27.8 Å². The largest absolute Gasteiger partial charge is 0.522 e. The Morgan fingerprint density at radius 2 is 1.94 bits per heavy atom. The first kappa shape index (κ1) is 31.6. The molecule has 4 saturated heterocycles. The topological polar surface area (TPSA) is 95.9 Å². The van der Waals surface area contributed by atoms with E-state index in [1.165, 1.54) is 24.3 Å². The maximum absolute atomic E-state index is 17.1. The molecule has 2 bridgehead atoms. The number of alkyl halides is 3. The maximum atomic E-state index is 17.1. The van der Waals surface area contributed by atoms with Gasteiger partial charge in [0.25, 0.3) is 0 Å². The van der Waals surface area contributed by atoms with Crippen molar-refractivity contribution in [1.82, 2.24) is 25.2 Å². The summed E-state index contributed by atoms with van der Waals surface area (Å²) in [6.07, 6.45) is 4.67. The number of terminal acetylenes is 1. The van der Waals surface area contributed by atoms with Gasteiger partial charge in [-0.2, -0.15) is 9.97 Å². The van der Waals surface area contributed by atoms with Gasteiger partial charge in [-0.25, -0.2) is 13.8 Å². The fourth-order valence-corrected chi connectivity index (χ4v) is 9.30. The fraction of sp³-hybridized carbons (Fsp3) is 0.472. The smallest absolute Gasteiger partial charge is 0.508 e. The summed E-state index contributed by atoms with van der Waals surface area (Å²) in [5.74, 6) is 1.22. The predicted octanol–water partition coefficient (Wildman–Crippen LogP) is 5.59. The predicted molar refractivity (Wildman–Crippen MR) is 174 cm³/mol. The summed E-state index contributed by atoms with van der Waals surface area (Å²) in [6, 6.07) is 5.80. The highest BCUT2D eigenvalue weighted by Gasteiger charge is 2.52. The number of hydrogen-bond acceptors (Lipinski definition) is 9. The number of nitrogens with zero attached hydrogens (tertiary/aromatic N) is 5. The van der Waals surface area contributed by atoms with Crippen molar-refractivity contribution in [1.29, 1.82) is 0 Å². The summed E-state index contributed by atoms with van der Waals surface area (Å²) in [7, 11) is 0. The molecular formula is C36H33F5N6O3. The van der Waals surface area contributed by atoms with Crippen LogP contribution in [0.25, 0.3) is 32.9 Å². The summed E-state index contributed by atoms with van der Waals surface area (Å²) >= 11 is 0. The lowest BCUT2D eigenvalue weighted by Crippen LogP contribution is -2.58. The van der Waals surface area contributed by atoms with Crippen LogP contribution in [0.2, 0.25) is 0 Å². The first-order valence-electron chi connectivity index (χ1n) is 17.0. The highest BCUT2D eigenvalue weighted by Crippen LogP contribution is 2.45. The van der Waals surface area contributed by atoms with Crippen LogP contribution in [-0.4, -0.2) is 87.3 Å². The lowest BCUT2D eigenvalue weighted by molar-refractivity contribution is -0.340. The molecule has 9 rings (SSSR count). The normalized spacial score (nSPS) is 27.4. The molecule has 0 unspecified atom stereocenters. The van der Waals surface area contributed by atoms with Crippen molar-refractivity contribution in [3.63, 3.8) is 0 Å². The molecule has 50 heavy (non-hydrogen) atoms. The third kappa shape index (κ3) is 5.04. The molecule has 0 saturated carbocycles. The molecule has 0 amide bonds. The number of nitrogens with one attached hydrogen (secondary N) is 1. The molecule has 5 aliphatic heterocycles. The first-order chi connectivity index (χ1) is 24.0. The average molecular weight is 693 g/mol. The van der Waals surface area contributed by atoms with Crippen LogP contribution in [0.15, 0.2) is 24.3 Å². The second-order valence-electron chi connectivity index (χ2n) is 14.2. The highest BCUT2D eigenvalue weighted by atomic mass is 19.4. The molecule has 5 atom stereocenters.